The number of hydrogen-bond donors (Lipinski definition) is 1. The van der Waals surface area contributed by atoms with E-state index in [1.54, 1.807) is 12.5 Å². The van der Waals surface area contributed by atoms with Crippen molar-refractivity contribution in [2.24, 2.45) is 0 Å². The van der Waals surface area contributed by atoms with E-state index in [1.807, 2.05) is 53.4 Å². The maximum absolute atomic E-state index is 13.7. The van der Waals surface area contributed by atoms with Gasteiger partial charge in [0, 0.05) is 29.7 Å². The fourth-order valence-corrected chi connectivity index (χ4v) is 11.6. The van der Waals surface area contributed by atoms with Crippen LogP contribution in [0.1, 0.15) is 82.1 Å². The monoisotopic (exact) mass is 863 g/mol. The fourth-order valence-electron chi connectivity index (χ4n) is 11.6. The molecule has 2 heterocycles. The van der Waals surface area contributed by atoms with Crippen molar-refractivity contribution in [3.8, 4) is 33.4 Å². The Kier molecular flexibility index (Phi) is 9.29. The summed E-state index contributed by atoms with van der Waals surface area (Å²) in [5.41, 5.74) is 15.4. The van der Waals surface area contributed by atoms with Gasteiger partial charge < -0.3 is 9.67 Å². The number of benzene rings is 8. The molecule has 12 rings (SSSR count). The molecule has 0 radical (unpaired) electrons. The van der Waals surface area contributed by atoms with Gasteiger partial charge in [-0.3, -0.25) is 4.98 Å². The predicted molar refractivity (Wildman–Crippen MR) is 270 cm³/mol. The van der Waals surface area contributed by atoms with Crippen molar-refractivity contribution in [3.05, 3.63) is 299 Å². The van der Waals surface area contributed by atoms with E-state index in [0.717, 1.165) is 44.6 Å². The molecule has 322 valence electrons. The van der Waals surface area contributed by atoms with Crippen LogP contribution in [0.25, 0.3) is 33.4 Å². The van der Waals surface area contributed by atoms with Gasteiger partial charge in [-0.2, -0.15) is 0 Å². The molecule has 10 aromatic rings. The van der Waals surface area contributed by atoms with Crippen LogP contribution < -0.4 is 0 Å². The van der Waals surface area contributed by atoms with Crippen LogP contribution in [0.15, 0.2) is 237 Å². The molecule has 2 aliphatic carbocycles. The van der Waals surface area contributed by atoms with E-state index in [9.17, 15) is 5.11 Å². The number of pyridine rings is 1. The highest BCUT2D eigenvalue weighted by Gasteiger charge is 2.51. The number of nitrogens with zero attached hydrogens (tertiary/aromatic N) is 3. The second-order valence-electron chi connectivity index (χ2n) is 19.1. The van der Waals surface area contributed by atoms with Crippen LogP contribution in [-0.2, 0) is 22.0 Å². The summed E-state index contributed by atoms with van der Waals surface area (Å²) in [6, 6.07) is 76.5. The Morgan fingerprint density at radius 1 is 0.433 bits per heavy atom. The first-order chi connectivity index (χ1) is 32.7. The van der Waals surface area contributed by atoms with E-state index in [4.69, 9.17) is 4.98 Å². The molecule has 0 spiro atoms. The minimum absolute atomic E-state index is 0.0923. The van der Waals surface area contributed by atoms with Crippen LogP contribution in [0.3, 0.4) is 0 Å². The molecule has 4 nitrogen and oxygen atoms in total. The SMILES string of the molecule is CC(C)(C)c1ccnc(C2(c3cccc(C4(c5cccc(C(O)(c6ccccc6-c6ccccc6)n6ccnc6)c5)c5ccccc5-c5ccccc54)c3)c3ccccc3-c3ccccc32)c1. The van der Waals surface area contributed by atoms with Gasteiger partial charge in [-0.25, -0.2) is 4.98 Å². The molecule has 2 aromatic heterocycles. The molecule has 67 heavy (non-hydrogen) atoms. The first-order valence-electron chi connectivity index (χ1n) is 23.2. The lowest BCUT2D eigenvalue weighted by Crippen LogP contribution is -2.37. The van der Waals surface area contributed by atoms with Gasteiger partial charge in [0.1, 0.15) is 0 Å². The number of imidazole rings is 1. The molecular weight excluding hydrogens is 815 g/mol. The molecule has 0 bridgehead atoms. The summed E-state index contributed by atoms with van der Waals surface area (Å²) in [6.07, 6.45) is 7.30. The fraction of sp³-hybridized carbons (Fsp3) is 0.111. The zero-order chi connectivity index (χ0) is 45.4. The Balaban J connectivity index is 1.16. The Bertz CT molecular complexity index is 3400. The Morgan fingerprint density at radius 2 is 0.925 bits per heavy atom. The maximum atomic E-state index is 13.7. The van der Waals surface area contributed by atoms with Gasteiger partial charge in [0.05, 0.1) is 22.9 Å². The van der Waals surface area contributed by atoms with Crippen molar-refractivity contribution in [2.75, 3.05) is 0 Å². The second kappa shape index (κ2) is 15.3. The molecule has 0 aliphatic heterocycles. The highest BCUT2D eigenvalue weighted by atomic mass is 16.3. The zero-order valence-corrected chi connectivity index (χ0v) is 37.8. The van der Waals surface area contributed by atoms with Crippen molar-refractivity contribution in [3.63, 3.8) is 0 Å². The minimum atomic E-state index is -1.63. The molecule has 1 N–H and O–H groups in total. The lowest BCUT2D eigenvalue weighted by Gasteiger charge is -2.38. The molecular formula is C63H49N3O. The van der Waals surface area contributed by atoms with Crippen molar-refractivity contribution < 1.29 is 5.11 Å². The van der Waals surface area contributed by atoms with Gasteiger partial charge in [0.2, 0.25) is 0 Å². The summed E-state index contributed by atoms with van der Waals surface area (Å²) >= 11 is 0. The lowest BCUT2D eigenvalue weighted by atomic mass is 9.64. The number of hydrogen-bond acceptors (Lipinski definition) is 3. The van der Waals surface area contributed by atoms with E-state index in [0.29, 0.717) is 0 Å². The van der Waals surface area contributed by atoms with Crippen LogP contribution >= 0.6 is 0 Å². The molecule has 0 fully saturated rings. The van der Waals surface area contributed by atoms with E-state index >= 15 is 0 Å². The van der Waals surface area contributed by atoms with E-state index in [-0.39, 0.29) is 5.41 Å². The summed E-state index contributed by atoms with van der Waals surface area (Å²) in [4.78, 5) is 9.83. The summed E-state index contributed by atoms with van der Waals surface area (Å²) in [5.74, 6) is 0. The van der Waals surface area contributed by atoms with Crippen molar-refractivity contribution >= 4 is 0 Å². The molecule has 1 atom stereocenters. The van der Waals surface area contributed by atoms with Crippen molar-refractivity contribution in [2.45, 2.75) is 42.7 Å². The topological polar surface area (TPSA) is 50.9 Å². The molecule has 0 amide bonds. The minimum Gasteiger partial charge on any atom is -0.363 e. The van der Waals surface area contributed by atoms with Crippen LogP contribution in [-0.4, -0.2) is 19.6 Å². The van der Waals surface area contributed by atoms with Gasteiger partial charge >= 0.3 is 0 Å². The van der Waals surface area contributed by atoms with Gasteiger partial charge in [0.15, 0.2) is 5.72 Å². The van der Waals surface area contributed by atoms with Crippen molar-refractivity contribution in [1.82, 2.24) is 14.5 Å². The van der Waals surface area contributed by atoms with E-state index in [1.165, 1.54) is 50.1 Å². The third-order valence-corrected chi connectivity index (χ3v) is 14.6. The molecule has 1 unspecified atom stereocenters. The first kappa shape index (κ1) is 40.6. The summed E-state index contributed by atoms with van der Waals surface area (Å²) in [6.45, 7) is 6.82. The number of rotatable bonds is 8. The summed E-state index contributed by atoms with van der Waals surface area (Å²) in [5, 5.41) is 13.7. The average Bonchev–Trinajstić information content (AvgIpc) is 4.11. The molecule has 0 saturated carbocycles. The van der Waals surface area contributed by atoms with E-state index < -0.39 is 16.6 Å². The average molecular weight is 864 g/mol. The van der Waals surface area contributed by atoms with Crippen LogP contribution in [0.2, 0.25) is 0 Å². The molecule has 0 saturated heterocycles. The zero-order valence-electron chi connectivity index (χ0n) is 37.8. The van der Waals surface area contributed by atoms with E-state index in [2.05, 4.69) is 202 Å². The highest BCUT2D eigenvalue weighted by molar-refractivity contribution is 5.88. The third-order valence-electron chi connectivity index (χ3n) is 14.6. The summed E-state index contributed by atoms with van der Waals surface area (Å²) in [7, 11) is 0. The molecule has 4 heteroatoms. The van der Waals surface area contributed by atoms with Crippen LogP contribution in [0.5, 0.6) is 0 Å². The van der Waals surface area contributed by atoms with Crippen molar-refractivity contribution in [1.29, 1.82) is 0 Å². The van der Waals surface area contributed by atoms with Crippen LogP contribution in [0, 0.1) is 0 Å². The van der Waals surface area contributed by atoms with Gasteiger partial charge in [-0.15, -0.1) is 0 Å². The number of aliphatic hydroxyl groups is 1. The Labute approximate surface area is 392 Å². The lowest BCUT2D eigenvalue weighted by molar-refractivity contribution is 0.0490. The maximum Gasteiger partial charge on any atom is 0.196 e. The highest BCUT2D eigenvalue weighted by Crippen LogP contribution is 2.60. The smallest absolute Gasteiger partial charge is 0.196 e. The standard InChI is InChI=1S/C63H49N3O/c1-60(2,3)44-35-36-65-59(41-44)62(56-32-14-10-28-52(56)53-29-11-15-33-57(53)62)47-23-17-21-45(39-47)61(54-30-12-8-26-50(54)51-27-9-13-31-55(51)61)46-22-18-24-48(40-46)63(67,66-38-37-64-42-66)58-34-16-7-25-49(58)43-19-5-4-6-20-43/h4-42,67H,1-3H3. The predicted octanol–water partition coefficient (Wildman–Crippen LogP) is 13.7. The molecule has 8 aromatic carbocycles. The Morgan fingerprint density at radius 3 is 1.49 bits per heavy atom. The normalized spacial score (nSPS) is 14.9. The first-order valence-corrected chi connectivity index (χ1v) is 23.2. The third kappa shape index (κ3) is 5.89. The molecule has 2 aliphatic rings. The van der Waals surface area contributed by atoms with Gasteiger partial charge in [-0.05, 0) is 102 Å². The number of fused-ring (bicyclic) bond motifs is 6. The Hall–Kier alpha value is -7.92. The second-order valence-corrected chi connectivity index (χ2v) is 19.1. The largest absolute Gasteiger partial charge is 0.363 e. The summed E-state index contributed by atoms with van der Waals surface area (Å²) < 4.78 is 1.83. The quantitative estimate of drug-likeness (QED) is 0.166. The van der Waals surface area contributed by atoms with Gasteiger partial charge in [-0.1, -0.05) is 215 Å². The van der Waals surface area contributed by atoms with Crippen LogP contribution in [0.4, 0.5) is 0 Å². The van der Waals surface area contributed by atoms with Gasteiger partial charge in [0.25, 0.3) is 0 Å². The number of aromatic nitrogens is 3.